The van der Waals surface area contributed by atoms with Crippen molar-refractivity contribution in [3.05, 3.63) is 29.8 Å². The van der Waals surface area contributed by atoms with Crippen LogP contribution in [0.25, 0.3) is 0 Å². The first kappa shape index (κ1) is 17.2. The summed E-state index contributed by atoms with van der Waals surface area (Å²) < 4.78 is 0. The van der Waals surface area contributed by atoms with Crippen LogP contribution in [0, 0.1) is 6.92 Å². The van der Waals surface area contributed by atoms with Crippen LogP contribution < -0.4 is 4.90 Å². The van der Waals surface area contributed by atoms with Gasteiger partial charge in [0, 0.05) is 51.0 Å². The van der Waals surface area contributed by atoms with Crippen molar-refractivity contribution >= 4 is 11.7 Å². The Balaban J connectivity index is 1.51. The molecule has 0 aliphatic carbocycles. The number of carboxylic acid groups (broad SMARTS) is 1. The quantitative estimate of drug-likeness (QED) is 0.895. The van der Waals surface area contributed by atoms with Crippen molar-refractivity contribution in [3.8, 4) is 0 Å². The smallest absolute Gasteiger partial charge is 0.304 e. The summed E-state index contributed by atoms with van der Waals surface area (Å²) in [6, 6.07) is 9.22. The van der Waals surface area contributed by atoms with Gasteiger partial charge in [0.05, 0.1) is 6.42 Å². The summed E-state index contributed by atoms with van der Waals surface area (Å²) in [6.45, 7) is 9.31. The van der Waals surface area contributed by atoms with Crippen molar-refractivity contribution in [3.63, 3.8) is 0 Å². The Kier molecular flexibility index (Phi) is 5.74. The van der Waals surface area contributed by atoms with Crippen molar-refractivity contribution in [2.75, 3.05) is 50.7 Å². The minimum atomic E-state index is -0.691. The first-order valence-corrected chi connectivity index (χ1v) is 9.12. The fraction of sp³-hybridized carbons (Fsp3) is 0.632. The van der Waals surface area contributed by atoms with Crippen molar-refractivity contribution in [1.82, 2.24) is 9.80 Å². The van der Waals surface area contributed by atoms with E-state index in [0.29, 0.717) is 12.6 Å². The van der Waals surface area contributed by atoms with Crippen LogP contribution in [0.15, 0.2) is 24.3 Å². The third kappa shape index (κ3) is 4.28. The van der Waals surface area contributed by atoms with Gasteiger partial charge >= 0.3 is 5.97 Å². The van der Waals surface area contributed by atoms with Gasteiger partial charge in [0.1, 0.15) is 0 Å². The molecule has 2 aliphatic heterocycles. The van der Waals surface area contributed by atoms with Crippen LogP contribution in [-0.4, -0.2) is 72.7 Å². The summed E-state index contributed by atoms with van der Waals surface area (Å²) in [4.78, 5) is 18.2. The zero-order chi connectivity index (χ0) is 16.9. The lowest BCUT2D eigenvalue weighted by molar-refractivity contribution is -0.137. The molecule has 5 nitrogen and oxygen atoms in total. The van der Waals surface area contributed by atoms with E-state index in [9.17, 15) is 4.79 Å². The summed E-state index contributed by atoms with van der Waals surface area (Å²) in [7, 11) is 0. The molecular weight excluding hydrogens is 302 g/mol. The number of carbonyl (C=O) groups is 1. The second-order valence-corrected chi connectivity index (χ2v) is 7.05. The first-order valence-electron chi connectivity index (χ1n) is 9.12. The second-order valence-electron chi connectivity index (χ2n) is 7.05. The average molecular weight is 331 g/mol. The molecular formula is C19H29N3O2. The number of benzene rings is 1. The maximum absolute atomic E-state index is 10.8. The topological polar surface area (TPSA) is 47.0 Å². The molecule has 5 heteroatoms. The van der Waals surface area contributed by atoms with Crippen LogP contribution in [0.3, 0.4) is 0 Å². The Morgan fingerprint density at radius 3 is 2.62 bits per heavy atom. The minimum Gasteiger partial charge on any atom is -0.481 e. The van der Waals surface area contributed by atoms with Crippen molar-refractivity contribution in [2.45, 2.75) is 32.2 Å². The number of carboxylic acids is 1. The van der Waals surface area contributed by atoms with Crippen molar-refractivity contribution in [1.29, 1.82) is 0 Å². The number of rotatable bonds is 5. The summed E-state index contributed by atoms with van der Waals surface area (Å²) in [6.07, 6.45) is 2.68. The number of aryl methyl sites for hydroxylation is 1. The summed E-state index contributed by atoms with van der Waals surface area (Å²) in [5.41, 5.74) is 2.72. The first-order chi connectivity index (χ1) is 11.6. The van der Waals surface area contributed by atoms with Gasteiger partial charge in [-0.2, -0.15) is 0 Å². The molecule has 2 heterocycles. The van der Waals surface area contributed by atoms with Gasteiger partial charge in [-0.25, -0.2) is 0 Å². The van der Waals surface area contributed by atoms with E-state index in [1.165, 1.54) is 24.1 Å². The standard InChI is InChI=1S/C19H29N3O2/c1-16-5-2-3-7-18(16)22-13-11-21(12-14-22)17-6-4-9-20(15-17)10-8-19(23)24/h2-3,5,7,17H,4,6,8-15H2,1H3,(H,23,24). The van der Waals surface area contributed by atoms with Gasteiger partial charge in [-0.15, -0.1) is 0 Å². The van der Waals surface area contributed by atoms with Crippen molar-refractivity contribution < 1.29 is 9.90 Å². The molecule has 0 radical (unpaired) electrons. The number of para-hydroxylation sites is 1. The Morgan fingerprint density at radius 1 is 1.17 bits per heavy atom. The Bertz CT molecular complexity index is 555. The SMILES string of the molecule is Cc1ccccc1N1CCN(C2CCCN(CCC(=O)O)C2)CC1. The molecule has 2 fully saturated rings. The van der Waals surface area contributed by atoms with E-state index in [4.69, 9.17) is 5.11 Å². The highest BCUT2D eigenvalue weighted by Crippen LogP contribution is 2.23. The molecule has 132 valence electrons. The third-order valence-corrected chi connectivity index (χ3v) is 5.41. The van der Waals surface area contributed by atoms with Crippen LogP contribution >= 0.6 is 0 Å². The molecule has 1 unspecified atom stereocenters. The number of likely N-dealkylation sites (tertiary alicyclic amines) is 1. The normalized spacial score (nSPS) is 23.4. The molecule has 2 saturated heterocycles. The van der Waals surface area contributed by atoms with Gasteiger partial charge in [-0.05, 0) is 37.9 Å². The minimum absolute atomic E-state index is 0.258. The van der Waals surface area contributed by atoms with E-state index < -0.39 is 5.97 Å². The number of hydrogen-bond acceptors (Lipinski definition) is 4. The van der Waals surface area contributed by atoms with Gasteiger partial charge in [0.15, 0.2) is 0 Å². The number of anilines is 1. The lowest BCUT2D eigenvalue weighted by Gasteiger charge is -2.44. The Morgan fingerprint density at radius 2 is 1.92 bits per heavy atom. The zero-order valence-corrected chi connectivity index (χ0v) is 14.7. The fourth-order valence-electron chi connectivity index (χ4n) is 4.03. The van der Waals surface area contributed by atoms with E-state index in [0.717, 1.165) is 39.3 Å². The molecule has 3 rings (SSSR count). The highest BCUT2D eigenvalue weighted by Gasteiger charge is 2.28. The number of nitrogens with zero attached hydrogens (tertiary/aromatic N) is 3. The van der Waals surface area contributed by atoms with Gasteiger partial charge in [-0.3, -0.25) is 9.69 Å². The second kappa shape index (κ2) is 7.99. The molecule has 0 aromatic heterocycles. The number of aliphatic carboxylic acids is 1. The highest BCUT2D eigenvalue weighted by atomic mass is 16.4. The van der Waals surface area contributed by atoms with Gasteiger partial charge < -0.3 is 14.9 Å². The van der Waals surface area contributed by atoms with E-state index in [1.54, 1.807) is 0 Å². The van der Waals surface area contributed by atoms with Crippen LogP contribution in [-0.2, 0) is 4.79 Å². The molecule has 1 N–H and O–H groups in total. The van der Waals surface area contributed by atoms with Gasteiger partial charge in [-0.1, -0.05) is 18.2 Å². The molecule has 24 heavy (non-hydrogen) atoms. The predicted molar refractivity (Wildman–Crippen MR) is 96.7 cm³/mol. The molecule has 0 amide bonds. The van der Waals surface area contributed by atoms with E-state index in [1.807, 2.05) is 0 Å². The highest BCUT2D eigenvalue weighted by molar-refractivity contribution is 5.66. The molecule has 2 aliphatic rings. The van der Waals surface area contributed by atoms with Crippen LogP contribution in [0.1, 0.15) is 24.8 Å². The Labute approximate surface area is 144 Å². The van der Waals surface area contributed by atoms with Gasteiger partial charge in [0.2, 0.25) is 0 Å². The number of hydrogen-bond donors (Lipinski definition) is 1. The van der Waals surface area contributed by atoms with Gasteiger partial charge in [0.25, 0.3) is 0 Å². The molecule has 0 bridgehead atoms. The maximum atomic E-state index is 10.8. The van der Waals surface area contributed by atoms with Crippen LogP contribution in [0.5, 0.6) is 0 Å². The summed E-state index contributed by atoms with van der Waals surface area (Å²) in [5.74, 6) is -0.691. The average Bonchev–Trinajstić information content (AvgIpc) is 2.61. The summed E-state index contributed by atoms with van der Waals surface area (Å²) in [5, 5.41) is 8.88. The summed E-state index contributed by atoms with van der Waals surface area (Å²) >= 11 is 0. The number of piperazine rings is 1. The number of piperidine rings is 1. The predicted octanol–water partition coefficient (Wildman–Crippen LogP) is 2.06. The largest absolute Gasteiger partial charge is 0.481 e. The Hall–Kier alpha value is -1.59. The lowest BCUT2D eigenvalue weighted by atomic mass is 10.0. The fourth-order valence-corrected chi connectivity index (χ4v) is 4.03. The maximum Gasteiger partial charge on any atom is 0.304 e. The van der Waals surface area contributed by atoms with E-state index in [2.05, 4.69) is 45.9 Å². The molecule has 0 saturated carbocycles. The lowest BCUT2D eigenvalue weighted by Crippen LogP contribution is -2.55. The third-order valence-electron chi connectivity index (χ3n) is 5.41. The van der Waals surface area contributed by atoms with E-state index >= 15 is 0 Å². The van der Waals surface area contributed by atoms with Crippen LogP contribution in [0.2, 0.25) is 0 Å². The van der Waals surface area contributed by atoms with Crippen LogP contribution in [0.4, 0.5) is 5.69 Å². The van der Waals surface area contributed by atoms with Crippen molar-refractivity contribution in [2.24, 2.45) is 0 Å². The van der Waals surface area contributed by atoms with E-state index in [-0.39, 0.29) is 6.42 Å². The monoisotopic (exact) mass is 331 g/mol. The molecule has 1 aromatic rings. The molecule has 1 atom stereocenters. The molecule has 1 aromatic carbocycles. The zero-order valence-electron chi connectivity index (χ0n) is 14.7. The molecule has 0 spiro atoms.